The van der Waals surface area contributed by atoms with Crippen LogP contribution in [-0.4, -0.2) is 51.7 Å². The number of amides is 2. The van der Waals surface area contributed by atoms with E-state index in [1.807, 2.05) is 6.07 Å². The summed E-state index contributed by atoms with van der Waals surface area (Å²) in [5, 5.41) is 7.05. The Hall–Kier alpha value is -3.16. The first-order valence-corrected chi connectivity index (χ1v) is 9.35. The van der Waals surface area contributed by atoms with Crippen LogP contribution in [0.1, 0.15) is 28.9 Å². The molecule has 2 aromatic rings. The Bertz CT molecular complexity index is 986. The van der Waals surface area contributed by atoms with E-state index in [1.165, 1.54) is 10.7 Å². The fraction of sp³-hybridized carbons (Fsp3) is 0.400. The second-order valence-electron chi connectivity index (χ2n) is 7.35. The van der Waals surface area contributed by atoms with Crippen molar-refractivity contribution in [3.63, 3.8) is 0 Å². The number of para-hydroxylation sites is 1. The van der Waals surface area contributed by atoms with Gasteiger partial charge >= 0.3 is 0 Å². The molecule has 2 aliphatic rings. The van der Waals surface area contributed by atoms with Crippen LogP contribution >= 0.6 is 0 Å². The molecule has 8 nitrogen and oxygen atoms in total. The second-order valence-corrected chi connectivity index (χ2v) is 7.35. The summed E-state index contributed by atoms with van der Waals surface area (Å²) < 4.78 is 7.45. The lowest BCUT2D eigenvalue weighted by molar-refractivity contribution is -0.137. The first-order valence-electron chi connectivity index (χ1n) is 9.35. The van der Waals surface area contributed by atoms with Gasteiger partial charge in [-0.1, -0.05) is 12.1 Å². The predicted octanol–water partition coefficient (Wildman–Crippen LogP) is 0.735. The molecule has 2 aliphatic heterocycles. The van der Waals surface area contributed by atoms with E-state index in [4.69, 9.17) is 4.74 Å². The fourth-order valence-corrected chi connectivity index (χ4v) is 3.78. The molecular formula is C20H22N4O4. The third-order valence-electron chi connectivity index (χ3n) is 5.21. The van der Waals surface area contributed by atoms with Gasteiger partial charge in [0.25, 0.3) is 11.5 Å². The van der Waals surface area contributed by atoms with Crippen LogP contribution in [0.15, 0.2) is 41.2 Å². The van der Waals surface area contributed by atoms with Gasteiger partial charge in [-0.05, 0) is 38.0 Å². The van der Waals surface area contributed by atoms with Gasteiger partial charge in [0, 0.05) is 12.6 Å². The van der Waals surface area contributed by atoms with E-state index in [-0.39, 0.29) is 23.9 Å². The SMILES string of the molecule is Cc1ccc(=O)n(CC(=O)N2CCCC3(CNC(=O)c4ccccc4O3)C2)n1. The molecule has 1 N–H and O–H groups in total. The molecule has 3 heterocycles. The Labute approximate surface area is 162 Å². The number of aryl methyl sites for hydroxylation is 1. The van der Waals surface area contributed by atoms with Crippen molar-refractivity contribution >= 4 is 11.8 Å². The molecule has 2 amide bonds. The summed E-state index contributed by atoms with van der Waals surface area (Å²) in [6.45, 7) is 2.92. The Morgan fingerprint density at radius 2 is 2.07 bits per heavy atom. The van der Waals surface area contributed by atoms with Crippen molar-refractivity contribution in [2.75, 3.05) is 19.6 Å². The lowest BCUT2D eigenvalue weighted by atomic mass is 9.92. The van der Waals surface area contributed by atoms with Crippen molar-refractivity contribution in [1.82, 2.24) is 20.0 Å². The highest BCUT2D eigenvalue weighted by atomic mass is 16.5. The maximum Gasteiger partial charge on any atom is 0.267 e. The number of nitrogens with one attached hydrogen (secondary N) is 1. The Morgan fingerprint density at radius 3 is 2.93 bits per heavy atom. The Balaban J connectivity index is 1.54. The van der Waals surface area contributed by atoms with Crippen LogP contribution < -0.4 is 15.6 Å². The van der Waals surface area contributed by atoms with Crippen molar-refractivity contribution in [3.05, 3.63) is 58.0 Å². The van der Waals surface area contributed by atoms with E-state index in [9.17, 15) is 14.4 Å². The zero-order valence-electron chi connectivity index (χ0n) is 15.7. The van der Waals surface area contributed by atoms with Gasteiger partial charge in [-0.2, -0.15) is 5.10 Å². The minimum Gasteiger partial charge on any atom is -0.483 e. The fourth-order valence-electron chi connectivity index (χ4n) is 3.78. The van der Waals surface area contributed by atoms with Gasteiger partial charge in [-0.3, -0.25) is 14.4 Å². The summed E-state index contributed by atoms with van der Waals surface area (Å²) in [5.41, 5.74) is 0.186. The van der Waals surface area contributed by atoms with Gasteiger partial charge in [0.05, 0.1) is 24.3 Å². The van der Waals surface area contributed by atoms with Gasteiger partial charge in [-0.25, -0.2) is 4.68 Å². The summed E-state index contributed by atoms with van der Waals surface area (Å²) in [6, 6.07) is 10.2. The average Bonchev–Trinajstić information content (AvgIpc) is 2.82. The van der Waals surface area contributed by atoms with E-state index >= 15 is 0 Å². The summed E-state index contributed by atoms with van der Waals surface area (Å²) in [4.78, 5) is 38.8. The zero-order valence-corrected chi connectivity index (χ0v) is 15.7. The molecule has 8 heteroatoms. The van der Waals surface area contributed by atoms with Crippen LogP contribution in [0.25, 0.3) is 0 Å². The molecule has 1 aromatic heterocycles. The predicted molar refractivity (Wildman–Crippen MR) is 101 cm³/mol. The quantitative estimate of drug-likeness (QED) is 0.827. The number of rotatable bonds is 2. The van der Waals surface area contributed by atoms with Crippen LogP contribution in [0.4, 0.5) is 0 Å². The number of hydrogen-bond donors (Lipinski definition) is 1. The highest BCUT2D eigenvalue weighted by molar-refractivity contribution is 5.97. The van der Waals surface area contributed by atoms with E-state index in [2.05, 4.69) is 10.4 Å². The number of carbonyl (C=O) groups excluding carboxylic acids is 2. The normalized spacial score (nSPS) is 21.5. The number of hydrogen-bond acceptors (Lipinski definition) is 5. The summed E-state index contributed by atoms with van der Waals surface area (Å²) in [6.07, 6.45) is 1.48. The second kappa shape index (κ2) is 7.10. The molecule has 0 bridgehead atoms. The standard InChI is InChI=1S/C20H22N4O4/c1-14-7-8-17(25)24(22-14)11-18(26)23-10-4-9-20(13-23)12-21-19(27)15-5-2-3-6-16(15)28-20/h2-3,5-8H,4,9-13H2,1H3,(H,21,27). The molecule has 1 unspecified atom stereocenters. The lowest BCUT2D eigenvalue weighted by Gasteiger charge is -2.42. The number of nitrogens with zero attached hydrogens (tertiary/aromatic N) is 3. The van der Waals surface area contributed by atoms with E-state index in [0.29, 0.717) is 36.6 Å². The van der Waals surface area contributed by atoms with Crippen LogP contribution in [-0.2, 0) is 11.3 Å². The third kappa shape index (κ3) is 3.49. The van der Waals surface area contributed by atoms with Crippen LogP contribution in [0.5, 0.6) is 5.75 Å². The number of fused-ring (bicyclic) bond motifs is 1. The van der Waals surface area contributed by atoms with E-state index in [0.717, 1.165) is 12.8 Å². The molecule has 1 spiro atoms. The first kappa shape index (κ1) is 18.2. The van der Waals surface area contributed by atoms with Gasteiger partial charge in [-0.15, -0.1) is 0 Å². The molecule has 146 valence electrons. The van der Waals surface area contributed by atoms with Crippen molar-refractivity contribution in [2.24, 2.45) is 0 Å². The number of benzene rings is 1. The highest BCUT2D eigenvalue weighted by Crippen LogP contribution is 2.32. The molecule has 1 saturated heterocycles. The molecule has 4 rings (SSSR count). The van der Waals surface area contributed by atoms with Gasteiger partial charge < -0.3 is 15.0 Å². The number of piperidine rings is 1. The minimum absolute atomic E-state index is 0.112. The van der Waals surface area contributed by atoms with Crippen molar-refractivity contribution < 1.29 is 14.3 Å². The summed E-state index contributed by atoms with van der Waals surface area (Å²) in [7, 11) is 0. The topological polar surface area (TPSA) is 93.5 Å². The maximum absolute atomic E-state index is 12.8. The summed E-state index contributed by atoms with van der Waals surface area (Å²) in [5.74, 6) is 0.168. The van der Waals surface area contributed by atoms with Gasteiger partial charge in [0.1, 0.15) is 17.9 Å². The van der Waals surface area contributed by atoms with Gasteiger partial charge in [0.15, 0.2) is 0 Å². The first-order chi connectivity index (χ1) is 13.5. The molecule has 0 radical (unpaired) electrons. The lowest BCUT2D eigenvalue weighted by Crippen LogP contribution is -2.58. The largest absolute Gasteiger partial charge is 0.483 e. The van der Waals surface area contributed by atoms with Crippen molar-refractivity contribution in [1.29, 1.82) is 0 Å². The summed E-state index contributed by atoms with van der Waals surface area (Å²) >= 11 is 0. The number of carbonyl (C=O) groups is 2. The van der Waals surface area contributed by atoms with Crippen LogP contribution in [0.3, 0.4) is 0 Å². The zero-order chi connectivity index (χ0) is 19.7. The Morgan fingerprint density at radius 1 is 1.25 bits per heavy atom. The smallest absolute Gasteiger partial charge is 0.267 e. The van der Waals surface area contributed by atoms with E-state index in [1.54, 1.807) is 36.1 Å². The molecule has 0 aliphatic carbocycles. The van der Waals surface area contributed by atoms with Crippen molar-refractivity contribution in [3.8, 4) is 5.75 Å². The molecule has 1 aromatic carbocycles. The number of aromatic nitrogens is 2. The molecular weight excluding hydrogens is 360 g/mol. The van der Waals surface area contributed by atoms with Gasteiger partial charge in [0.2, 0.25) is 5.91 Å². The minimum atomic E-state index is -0.679. The van der Waals surface area contributed by atoms with Crippen LogP contribution in [0.2, 0.25) is 0 Å². The molecule has 1 atom stereocenters. The number of likely N-dealkylation sites (tertiary alicyclic amines) is 1. The molecule has 28 heavy (non-hydrogen) atoms. The Kier molecular flexibility index (Phi) is 4.62. The average molecular weight is 382 g/mol. The maximum atomic E-state index is 12.8. The third-order valence-corrected chi connectivity index (χ3v) is 5.21. The molecule has 1 fully saturated rings. The molecule has 0 saturated carbocycles. The van der Waals surface area contributed by atoms with E-state index < -0.39 is 5.60 Å². The highest BCUT2D eigenvalue weighted by Gasteiger charge is 2.42. The van der Waals surface area contributed by atoms with Crippen molar-refractivity contribution in [2.45, 2.75) is 31.9 Å². The number of ether oxygens (including phenoxy) is 1. The van der Waals surface area contributed by atoms with Crippen LogP contribution in [0, 0.1) is 6.92 Å². The monoisotopic (exact) mass is 382 g/mol.